The molecule has 0 aliphatic heterocycles. The predicted octanol–water partition coefficient (Wildman–Crippen LogP) is 22.3. The Kier molecular flexibility index (Phi) is 66.5. The highest BCUT2D eigenvalue weighted by Gasteiger charge is 2.30. The molecular weight excluding hydrogens is 1250 g/mol. The van der Waals surface area contributed by atoms with Crippen LogP contribution in [0.2, 0.25) is 0 Å². The lowest BCUT2D eigenvalue weighted by Crippen LogP contribution is -2.30. The molecule has 564 valence electrons. The Hall–Kier alpha value is -1.94. The van der Waals surface area contributed by atoms with Gasteiger partial charge in [-0.2, -0.15) is 0 Å². The molecule has 0 radical (unpaired) electrons. The Balaban J connectivity index is 5.18. The van der Waals surface area contributed by atoms with Crippen molar-refractivity contribution in [3.8, 4) is 0 Å². The van der Waals surface area contributed by atoms with E-state index in [4.69, 9.17) is 37.0 Å². The number of unbranched alkanes of at least 4 members (excludes halogenated alkanes) is 45. The summed E-state index contributed by atoms with van der Waals surface area (Å²) in [4.78, 5) is 72.7. The first-order valence-corrected chi connectivity index (χ1v) is 42.5. The number of rotatable bonds is 75. The predicted molar refractivity (Wildman–Crippen MR) is 386 cm³/mol. The van der Waals surface area contributed by atoms with Crippen LogP contribution in [0, 0.1) is 11.8 Å². The lowest BCUT2D eigenvalue weighted by Gasteiger charge is -2.21. The second kappa shape index (κ2) is 67.9. The second-order valence-electron chi connectivity index (χ2n) is 28.3. The molecule has 0 aromatic rings. The molecule has 17 nitrogen and oxygen atoms in total. The van der Waals surface area contributed by atoms with E-state index in [1.807, 2.05) is 0 Å². The van der Waals surface area contributed by atoms with Crippen molar-refractivity contribution >= 4 is 39.5 Å². The SMILES string of the molecule is CCCCCCCCCCCCCCCCCCCCCCCC(=O)O[C@H](COC(=O)CCCCCCCCCCCCCCC(C)C)COP(=O)(O)OC[C@@H](O)COP(=O)(O)OC[C@@H](COC(=O)CCCCCCCCCCC)OC(=O)CCCCCCCCCC(C)C. The topological polar surface area (TPSA) is 237 Å². The number of ether oxygens (including phenoxy) is 4. The van der Waals surface area contributed by atoms with E-state index in [1.165, 1.54) is 212 Å². The zero-order chi connectivity index (χ0) is 70.0. The summed E-state index contributed by atoms with van der Waals surface area (Å²) in [5.41, 5.74) is 0. The molecule has 0 spiro atoms. The molecule has 0 aromatic carbocycles. The molecule has 95 heavy (non-hydrogen) atoms. The molecule has 0 aliphatic rings. The molecule has 0 rings (SSSR count). The fraction of sp³-hybridized carbons (Fsp3) is 0.947. The molecule has 0 aromatic heterocycles. The molecule has 0 saturated heterocycles. The van der Waals surface area contributed by atoms with E-state index in [-0.39, 0.29) is 25.7 Å². The minimum absolute atomic E-state index is 0.104. The van der Waals surface area contributed by atoms with Crippen LogP contribution >= 0.6 is 15.6 Å². The number of aliphatic hydroxyl groups excluding tert-OH is 1. The maximum Gasteiger partial charge on any atom is 0.472 e. The van der Waals surface area contributed by atoms with Crippen molar-refractivity contribution in [3.05, 3.63) is 0 Å². The molecule has 0 amide bonds. The highest BCUT2D eigenvalue weighted by Crippen LogP contribution is 2.45. The summed E-state index contributed by atoms with van der Waals surface area (Å²) in [6.07, 6.45) is 55.8. The first kappa shape index (κ1) is 93.1. The van der Waals surface area contributed by atoms with Crippen LogP contribution in [-0.4, -0.2) is 96.7 Å². The molecule has 0 fully saturated rings. The summed E-state index contributed by atoms with van der Waals surface area (Å²) in [6.45, 7) is 9.52. The van der Waals surface area contributed by atoms with Crippen molar-refractivity contribution in [2.24, 2.45) is 11.8 Å². The maximum atomic E-state index is 13.1. The van der Waals surface area contributed by atoms with E-state index in [0.717, 1.165) is 95.8 Å². The zero-order valence-corrected chi connectivity index (χ0v) is 63.8. The quantitative estimate of drug-likeness (QED) is 0.0222. The average Bonchev–Trinajstić information content (AvgIpc) is 1.48. The number of carbonyl (C=O) groups is 4. The highest BCUT2D eigenvalue weighted by molar-refractivity contribution is 7.47. The van der Waals surface area contributed by atoms with E-state index in [0.29, 0.717) is 31.6 Å². The van der Waals surface area contributed by atoms with E-state index in [2.05, 4.69) is 41.5 Å². The molecule has 0 saturated carbocycles. The lowest BCUT2D eigenvalue weighted by molar-refractivity contribution is -0.161. The number of carbonyl (C=O) groups excluding carboxylic acids is 4. The van der Waals surface area contributed by atoms with Gasteiger partial charge in [0.2, 0.25) is 0 Å². The van der Waals surface area contributed by atoms with Gasteiger partial charge in [-0.15, -0.1) is 0 Å². The van der Waals surface area contributed by atoms with E-state index >= 15 is 0 Å². The monoisotopic (exact) mass is 1400 g/mol. The van der Waals surface area contributed by atoms with Crippen molar-refractivity contribution in [1.29, 1.82) is 0 Å². The summed E-state index contributed by atoms with van der Waals surface area (Å²) in [5, 5.41) is 10.6. The summed E-state index contributed by atoms with van der Waals surface area (Å²) >= 11 is 0. The first-order chi connectivity index (χ1) is 45.9. The van der Waals surface area contributed by atoms with Crippen LogP contribution < -0.4 is 0 Å². The van der Waals surface area contributed by atoms with Crippen LogP contribution in [0.25, 0.3) is 0 Å². The third-order valence-corrected chi connectivity index (χ3v) is 19.6. The Bertz CT molecular complexity index is 1840. The number of hydrogen-bond donors (Lipinski definition) is 3. The van der Waals surface area contributed by atoms with Crippen molar-refractivity contribution in [3.63, 3.8) is 0 Å². The van der Waals surface area contributed by atoms with Gasteiger partial charge in [-0.05, 0) is 37.5 Å². The first-order valence-electron chi connectivity index (χ1n) is 39.5. The van der Waals surface area contributed by atoms with Crippen molar-refractivity contribution in [2.45, 2.75) is 413 Å². The van der Waals surface area contributed by atoms with Crippen LogP contribution in [0.15, 0.2) is 0 Å². The Morgan fingerprint density at radius 3 is 0.716 bits per heavy atom. The maximum absolute atomic E-state index is 13.1. The van der Waals surface area contributed by atoms with Gasteiger partial charge in [0.15, 0.2) is 12.2 Å². The summed E-state index contributed by atoms with van der Waals surface area (Å²) < 4.78 is 68.4. The molecule has 3 N–H and O–H groups in total. The van der Waals surface area contributed by atoms with Gasteiger partial charge in [0.25, 0.3) is 0 Å². The molecule has 0 heterocycles. The van der Waals surface area contributed by atoms with Gasteiger partial charge in [0.05, 0.1) is 26.4 Å². The minimum atomic E-state index is -4.96. The molecule has 19 heteroatoms. The number of phosphoric ester groups is 2. The third kappa shape index (κ3) is 70.3. The normalized spacial score (nSPS) is 14.0. The summed E-state index contributed by atoms with van der Waals surface area (Å²) in [6, 6.07) is 0. The lowest BCUT2D eigenvalue weighted by atomic mass is 10.0. The number of esters is 4. The van der Waals surface area contributed by atoms with Gasteiger partial charge in [-0.3, -0.25) is 37.3 Å². The fourth-order valence-electron chi connectivity index (χ4n) is 11.7. The third-order valence-electron chi connectivity index (χ3n) is 17.7. The standard InChI is InChI=1S/C76H148O17P2/c1-7-9-11-13-15-17-18-19-20-21-22-23-24-25-26-27-32-36-42-48-54-60-75(80)92-71(64-87-74(79)59-53-47-41-35-31-29-28-30-34-38-44-50-56-68(3)4)66-90-94(82,83)88-62-70(77)63-89-95(84,85)91-67-72(65-86-73(78)58-52-46-40-33-16-14-12-10-8-2)93-76(81)61-55-49-43-37-39-45-51-57-69(5)6/h68-72,77H,7-67H2,1-6H3,(H,82,83)(H,84,85)/t70-,71-,72-/m1/s1. The molecule has 0 aliphatic carbocycles. The Morgan fingerprint density at radius 2 is 0.484 bits per heavy atom. The van der Waals surface area contributed by atoms with Gasteiger partial charge >= 0.3 is 39.5 Å². The van der Waals surface area contributed by atoms with Crippen LogP contribution in [0.4, 0.5) is 0 Å². The van der Waals surface area contributed by atoms with Crippen LogP contribution in [0.3, 0.4) is 0 Å². The molecule has 2 unspecified atom stereocenters. The zero-order valence-electron chi connectivity index (χ0n) is 62.0. The van der Waals surface area contributed by atoms with Crippen molar-refractivity contribution in [1.82, 2.24) is 0 Å². The number of aliphatic hydroxyl groups is 1. The Morgan fingerprint density at radius 1 is 0.284 bits per heavy atom. The van der Waals surface area contributed by atoms with Gasteiger partial charge in [0, 0.05) is 25.7 Å². The molecule has 0 bridgehead atoms. The van der Waals surface area contributed by atoms with Crippen molar-refractivity contribution in [2.75, 3.05) is 39.6 Å². The van der Waals surface area contributed by atoms with Gasteiger partial charge in [-0.1, -0.05) is 343 Å². The second-order valence-corrected chi connectivity index (χ2v) is 31.3. The van der Waals surface area contributed by atoms with Crippen LogP contribution in [0.5, 0.6) is 0 Å². The average molecular weight is 1400 g/mol. The number of phosphoric acid groups is 2. The van der Waals surface area contributed by atoms with E-state index in [9.17, 15) is 43.2 Å². The Labute approximate surface area is 581 Å². The summed E-state index contributed by atoms with van der Waals surface area (Å²) in [7, 11) is -9.91. The highest BCUT2D eigenvalue weighted by atomic mass is 31.2. The number of hydrogen-bond acceptors (Lipinski definition) is 15. The van der Waals surface area contributed by atoms with Crippen LogP contribution in [-0.2, 0) is 65.4 Å². The van der Waals surface area contributed by atoms with Gasteiger partial charge in [0.1, 0.15) is 19.3 Å². The molecule has 5 atom stereocenters. The minimum Gasteiger partial charge on any atom is -0.462 e. The largest absolute Gasteiger partial charge is 0.472 e. The fourth-order valence-corrected chi connectivity index (χ4v) is 13.2. The summed E-state index contributed by atoms with van der Waals surface area (Å²) in [5.74, 6) is -0.643. The van der Waals surface area contributed by atoms with Crippen LogP contribution in [0.1, 0.15) is 395 Å². The molecular formula is C76H148O17P2. The van der Waals surface area contributed by atoms with Crippen molar-refractivity contribution < 1.29 is 80.2 Å². The van der Waals surface area contributed by atoms with E-state index in [1.54, 1.807) is 0 Å². The van der Waals surface area contributed by atoms with E-state index < -0.39 is 97.5 Å². The smallest absolute Gasteiger partial charge is 0.462 e. The van der Waals surface area contributed by atoms with Gasteiger partial charge in [-0.25, -0.2) is 9.13 Å². The van der Waals surface area contributed by atoms with Gasteiger partial charge < -0.3 is 33.8 Å².